The zero-order chi connectivity index (χ0) is 24.7. The van der Waals surface area contributed by atoms with Gasteiger partial charge in [-0.2, -0.15) is 4.37 Å². The largest absolute Gasteiger partial charge is 0.478 e. The third kappa shape index (κ3) is 4.27. The molecule has 2 N–H and O–H groups in total. The second-order valence-corrected chi connectivity index (χ2v) is 9.71. The maximum Gasteiger partial charge on any atom is 0.407 e. The molecule has 2 amide bonds. The lowest BCUT2D eigenvalue weighted by atomic mass is 9.98. The van der Waals surface area contributed by atoms with Crippen molar-refractivity contribution >= 4 is 34.5 Å². The normalized spacial score (nSPS) is 17.9. The number of nitrogens with zero attached hydrogens (tertiary/aromatic N) is 2. The van der Waals surface area contributed by atoms with Crippen LogP contribution in [0.2, 0.25) is 0 Å². The molecular weight excluding hydrogens is 466 g/mol. The Balaban J connectivity index is 1.14. The molecule has 0 saturated heterocycles. The molecule has 5 rings (SSSR count). The van der Waals surface area contributed by atoms with Crippen LogP contribution < -0.4 is 10.2 Å². The Bertz CT molecular complexity index is 1270. The van der Waals surface area contributed by atoms with Gasteiger partial charge in [0.1, 0.15) is 17.2 Å². The lowest BCUT2D eigenvalue weighted by molar-refractivity contribution is -0.119. The number of ether oxygens (including phenoxy) is 1. The minimum atomic E-state index is -1.10. The van der Waals surface area contributed by atoms with Crippen molar-refractivity contribution in [2.45, 2.75) is 19.3 Å². The van der Waals surface area contributed by atoms with Crippen molar-refractivity contribution in [2.24, 2.45) is 11.8 Å². The van der Waals surface area contributed by atoms with Gasteiger partial charge in [0.25, 0.3) is 0 Å². The van der Waals surface area contributed by atoms with Crippen molar-refractivity contribution < 1.29 is 24.2 Å². The van der Waals surface area contributed by atoms with E-state index in [4.69, 9.17) is 4.74 Å². The molecule has 1 aromatic heterocycles. The SMILES string of the molecule is Cc1nsc(N(C)C(=O)[C@@H]2C[C@@H]2CNC(=O)OCC2c3ccccc3-c3ccccc32)c1C(=O)O. The molecule has 8 nitrogen and oxygen atoms in total. The van der Waals surface area contributed by atoms with Gasteiger partial charge in [0.2, 0.25) is 5.91 Å². The molecule has 35 heavy (non-hydrogen) atoms. The Morgan fingerprint density at radius 1 is 1.11 bits per heavy atom. The Morgan fingerprint density at radius 3 is 2.37 bits per heavy atom. The number of carboxylic acid groups (broad SMARTS) is 1. The lowest BCUT2D eigenvalue weighted by Gasteiger charge is -2.16. The summed E-state index contributed by atoms with van der Waals surface area (Å²) in [5.41, 5.74) is 5.08. The summed E-state index contributed by atoms with van der Waals surface area (Å²) < 4.78 is 9.63. The first-order chi connectivity index (χ1) is 16.9. The first kappa shape index (κ1) is 23.0. The lowest BCUT2D eigenvalue weighted by Crippen LogP contribution is -2.31. The van der Waals surface area contributed by atoms with E-state index in [0.29, 0.717) is 23.7 Å². The van der Waals surface area contributed by atoms with Crippen LogP contribution in [0.25, 0.3) is 11.1 Å². The van der Waals surface area contributed by atoms with Crippen LogP contribution in [0.15, 0.2) is 48.5 Å². The number of benzene rings is 2. The van der Waals surface area contributed by atoms with Gasteiger partial charge in [0.15, 0.2) is 0 Å². The highest BCUT2D eigenvalue weighted by molar-refractivity contribution is 7.11. The van der Waals surface area contributed by atoms with E-state index < -0.39 is 12.1 Å². The number of carbonyl (C=O) groups is 3. The van der Waals surface area contributed by atoms with Crippen LogP contribution in [-0.2, 0) is 9.53 Å². The number of alkyl carbamates (subject to hydrolysis) is 1. The van der Waals surface area contributed by atoms with Crippen LogP contribution in [0.4, 0.5) is 9.80 Å². The number of carbonyl (C=O) groups excluding carboxylic acids is 2. The van der Waals surface area contributed by atoms with E-state index in [2.05, 4.69) is 34.0 Å². The summed E-state index contributed by atoms with van der Waals surface area (Å²) in [4.78, 5) is 38.1. The first-order valence-electron chi connectivity index (χ1n) is 11.4. The van der Waals surface area contributed by atoms with Crippen LogP contribution in [0, 0.1) is 18.8 Å². The fraction of sp³-hybridized carbons (Fsp3) is 0.308. The molecule has 0 aliphatic heterocycles. The summed E-state index contributed by atoms with van der Waals surface area (Å²) in [7, 11) is 1.57. The zero-order valence-corrected chi connectivity index (χ0v) is 20.2. The fourth-order valence-electron chi connectivity index (χ4n) is 4.82. The summed E-state index contributed by atoms with van der Waals surface area (Å²) in [5, 5.41) is 12.5. The number of aromatic nitrogens is 1. The highest BCUT2D eigenvalue weighted by Crippen LogP contribution is 2.44. The van der Waals surface area contributed by atoms with Crippen molar-refractivity contribution in [1.82, 2.24) is 9.69 Å². The Kier molecular flexibility index (Phi) is 6.02. The molecule has 0 spiro atoms. The third-order valence-corrected chi connectivity index (χ3v) is 7.80. The number of fused-ring (bicyclic) bond motifs is 3. The summed E-state index contributed by atoms with van der Waals surface area (Å²) >= 11 is 0.999. The number of anilines is 1. The van der Waals surface area contributed by atoms with Gasteiger partial charge in [0, 0.05) is 25.4 Å². The van der Waals surface area contributed by atoms with Gasteiger partial charge < -0.3 is 20.1 Å². The molecule has 0 radical (unpaired) electrons. The number of aromatic carboxylic acids is 1. The van der Waals surface area contributed by atoms with E-state index in [1.165, 1.54) is 16.0 Å². The topological polar surface area (TPSA) is 109 Å². The molecule has 1 saturated carbocycles. The Labute approximate surface area is 206 Å². The number of hydrogen-bond donors (Lipinski definition) is 2. The second-order valence-electron chi connectivity index (χ2n) is 8.96. The average Bonchev–Trinajstić information content (AvgIpc) is 3.42. The minimum absolute atomic E-state index is 0.00673. The van der Waals surface area contributed by atoms with E-state index in [9.17, 15) is 19.5 Å². The monoisotopic (exact) mass is 491 g/mol. The number of rotatable bonds is 7. The van der Waals surface area contributed by atoms with E-state index >= 15 is 0 Å². The van der Waals surface area contributed by atoms with Crippen LogP contribution in [-0.4, -0.2) is 47.6 Å². The van der Waals surface area contributed by atoms with Gasteiger partial charge in [-0.15, -0.1) is 0 Å². The quantitative estimate of drug-likeness (QED) is 0.511. The summed E-state index contributed by atoms with van der Waals surface area (Å²) in [6, 6.07) is 16.3. The zero-order valence-electron chi connectivity index (χ0n) is 19.4. The van der Waals surface area contributed by atoms with Crippen LogP contribution in [0.5, 0.6) is 0 Å². The van der Waals surface area contributed by atoms with E-state index in [-0.39, 0.29) is 35.8 Å². The summed E-state index contributed by atoms with van der Waals surface area (Å²) in [5.74, 6) is -1.56. The van der Waals surface area contributed by atoms with Gasteiger partial charge in [-0.1, -0.05) is 48.5 Å². The van der Waals surface area contributed by atoms with Gasteiger partial charge in [-0.3, -0.25) is 4.79 Å². The first-order valence-corrected chi connectivity index (χ1v) is 12.2. The molecule has 2 atom stereocenters. The molecule has 2 aliphatic carbocycles. The van der Waals surface area contributed by atoms with E-state index in [1.807, 2.05) is 24.3 Å². The highest BCUT2D eigenvalue weighted by Gasteiger charge is 2.45. The predicted octanol–water partition coefficient (Wildman–Crippen LogP) is 4.29. The van der Waals surface area contributed by atoms with Gasteiger partial charge >= 0.3 is 12.1 Å². The van der Waals surface area contributed by atoms with Gasteiger partial charge in [0.05, 0.1) is 5.69 Å². The van der Waals surface area contributed by atoms with Crippen molar-refractivity contribution in [3.05, 3.63) is 70.9 Å². The van der Waals surface area contributed by atoms with Crippen molar-refractivity contribution in [3.63, 3.8) is 0 Å². The van der Waals surface area contributed by atoms with Crippen LogP contribution in [0.1, 0.15) is 39.5 Å². The van der Waals surface area contributed by atoms with E-state index in [0.717, 1.165) is 22.7 Å². The Hall–Kier alpha value is -3.72. The molecule has 0 bridgehead atoms. The molecule has 9 heteroatoms. The van der Waals surface area contributed by atoms with Crippen LogP contribution >= 0.6 is 11.5 Å². The van der Waals surface area contributed by atoms with Gasteiger partial charge in [-0.25, -0.2) is 9.59 Å². The molecule has 180 valence electrons. The molecule has 1 fully saturated rings. The standard InChI is InChI=1S/C26H25N3O5S/c1-14-22(25(31)32)24(35-28-14)29(2)23(30)20-11-15(20)12-27-26(33)34-13-21-18-9-5-3-7-16(18)17-8-4-6-10-19(17)21/h3-10,15,20-21H,11-13H2,1-2H3,(H,27,33)(H,31,32)/t15-,20-/m1/s1. The number of nitrogens with one attached hydrogen (secondary N) is 1. The van der Waals surface area contributed by atoms with Gasteiger partial charge in [-0.05, 0) is 53.0 Å². The summed E-state index contributed by atoms with van der Waals surface area (Å²) in [6.07, 6.45) is 0.122. The average molecular weight is 492 g/mol. The smallest absolute Gasteiger partial charge is 0.407 e. The fourth-order valence-corrected chi connectivity index (χ4v) is 5.67. The maximum absolute atomic E-state index is 12.8. The molecule has 2 aromatic carbocycles. The van der Waals surface area contributed by atoms with Crippen molar-refractivity contribution in [2.75, 3.05) is 25.1 Å². The van der Waals surface area contributed by atoms with Crippen molar-refractivity contribution in [1.29, 1.82) is 0 Å². The second kappa shape index (κ2) is 9.14. The molecule has 1 heterocycles. The molecule has 2 aliphatic rings. The highest BCUT2D eigenvalue weighted by atomic mass is 32.1. The van der Waals surface area contributed by atoms with Crippen molar-refractivity contribution in [3.8, 4) is 11.1 Å². The molecular formula is C26H25N3O5S. The van der Waals surface area contributed by atoms with Crippen LogP contribution in [0.3, 0.4) is 0 Å². The molecule has 3 aromatic rings. The minimum Gasteiger partial charge on any atom is -0.478 e. The predicted molar refractivity (Wildman–Crippen MR) is 132 cm³/mol. The van der Waals surface area contributed by atoms with E-state index in [1.54, 1.807) is 14.0 Å². The maximum atomic E-state index is 12.8. The number of hydrogen-bond acceptors (Lipinski definition) is 6. The summed E-state index contributed by atoms with van der Waals surface area (Å²) in [6.45, 7) is 2.17. The number of carboxylic acids is 1. The third-order valence-electron chi connectivity index (χ3n) is 6.79. The molecule has 0 unspecified atom stereocenters. The number of amides is 2. The Morgan fingerprint density at radius 2 is 1.74 bits per heavy atom. The number of aryl methyl sites for hydroxylation is 1.